The zero-order valence-electron chi connectivity index (χ0n) is 29.0. The fourth-order valence-corrected chi connectivity index (χ4v) is 7.57. The third-order valence-electron chi connectivity index (χ3n) is 8.58. The van der Waals surface area contributed by atoms with Gasteiger partial charge in [-0.3, -0.25) is 13.9 Å². The van der Waals surface area contributed by atoms with E-state index in [4.69, 9.17) is 4.74 Å². The zero-order valence-corrected chi connectivity index (χ0v) is 29.8. The van der Waals surface area contributed by atoms with E-state index < -0.39 is 57.9 Å². The van der Waals surface area contributed by atoms with Crippen LogP contribution in [0.25, 0.3) is 10.9 Å². The number of anilines is 1. The van der Waals surface area contributed by atoms with Crippen LogP contribution in [0.3, 0.4) is 0 Å². The van der Waals surface area contributed by atoms with Crippen molar-refractivity contribution in [2.45, 2.75) is 77.5 Å². The summed E-state index contributed by atoms with van der Waals surface area (Å²) in [5.41, 5.74) is 1.33. The molecule has 0 aliphatic carbocycles. The monoisotopic (exact) mass is 728 g/mol. The summed E-state index contributed by atoms with van der Waals surface area (Å²) in [4.78, 5) is 27.0. The van der Waals surface area contributed by atoms with Crippen LogP contribution < -0.4 is 14.9 Å². The van der Waals surface area contributed by atoms with Gasteiger partial charge in [0.2, 0.25) is 10.0 Å². The second-order valence-electron chi connectivity index (χ2n) is 13.7. The van der Waals surface area contributed by atoms with Gasteiger partial charge in [0, 0.05) is 36.8 Å². The number of nitrogens with zero attached hydrogens (tertiary/aromatic N) is 2. The number of benzene rings is 3. The molecule has 4 aromatic rings. The first kappa shape index (κ1) is 37.8. The molecule has 2 heterocycles. The summed E-state index contributed by atoms with van der Waals surface area (Å²) in [7, 11) is -4.01. The molecule has 0 unspecified atom stereocenters. The lowest BCUT2D eigenvalue weighted by atomic mass is 9.99. The van der Waals surface area contributed by atoms with Gasteiger partial charge < -0.3 is 25.0 Å². The Kier molecular flexibility index (Phi) is 11.2. The molecule has 10 nitrogen and oxygen atoms in total. The molecule has 14 heteroatoms. The number of hydrogen-bond acceptors (Lipinski definition) is 7. The molecule has 1 aliphatic heterocycles. The third-order valence-corrected chi connectivity index (χ3v) is 10.3. The van der Waals surface area contributed by atoms with Gasteiger partial charge in [-0.15, -0.1) is 0 Å². The molecule has 0 bridgehead atoms. The summed E-state index contributed by atoms with van der Waals surface area (Å²) in [5.74, 6) is -1.59. The average molecular weight is 729 g/mol. The molecule has 1 aliphatic rings. The van der Waals surface area contributed by atoms with E-state index in [1.54, 1.807) is 32.9 Å². The molecule has 3 N–H and O–H groups in total. The molecule has 0 radical (unpaired) electrons. The molecule has 2 atom stereocenters. The first-order valence-electron chi connectivity index (χ1n) is 16.7. The number of amides is 1. The van der Waals surface area contributed by atoms with E-state index >= 15 is 0 Å². The van der Waals surface area contributed by atoms with Crippen LogP contribution in [-0.4, -0.2) is 66.6 Å². The highest BCUT2D eigenvalue weighted by molar-refractivity contribution is 7.92. The second-order valence-corrected chi connectivity index (χ2v) is 15.7. The third kappa shape index (κ3) is 9.29. The normalized spacial score (nSPS) is 15.6. The minimum atomic E-state index is -4.49. The van der Waals surface area contributed by atoms with Crippen LogP contribution in [0.4, 0.5) is 18.9 Å². The quantitative estimate of drug-likeness (QED) is 0.171. The van der Waals surface area contributed by atoms with E-state index in [1.807, 2.05) is 48.0 Å². The van der Waals surface area contributed by atoms with Crippen molar-refractivity contribution < 1.29 is 41.0 Å². The van der Waals surface area contributed by atoms with E-state index in [2.05, 4.69) is 10.6 Å². The molecule has 51 heavy (non-hydrogen) atoms. The number of rotatable bonds is 12. The van der Waals surface area contributed by atoms with Crippen molar-refractivity contribution in [1.29, 1.82) is 0 Å². The van der Waals surface area contributed by atoms with Gasteiger partial charge in [0.15, 0.2) is 0 Å². The number of ether oxygens (including phenoxy) is 1. The molecule has 3 aromatic carbocycles. The first-order chi connectivity index (χ1) is 23.9. The molecule has 0 spiro atoms. The standard InChI is InChI=1S/C37H43F3N4O6S/c1-5-26-22-43-14-15-51(48,49)44(23-33(46)50-36(2,3)4)31-19-27(18-29(26)34(31)43)35(47)42-30(17-24-10-7-6-8-11-24)32(45)21-41-20-25-12-9-13-28(16-25)37(38,39)40/h6-13,16,18-19,22,30,32,41,45H,5,14-15,17,20-21,23H2,1-4H3,(H,42,47)/t30-,32+/m0/s1. The minimum absolute atomic E-state index is 0.0474. The number of carbonyl (C=O) groups is 2. The van der Waals surface area contributed by atoms with Gasteiger partial charge in [0.25, 0.3) is 5.91 Å². The number of halogens is 3. The van der Waals surface area contributed by atoms with Crippen molar-refractivity contribution in [3.05, 3.63) is 101 Å². The lowest BCUT2D eigenvalue weighted by molar-refractivity contribution is -0.152. The molecule has 5 rings (SSSR count). The number of hydrogen-bond donors (Lipinski definition) is 3. The van der Waals surface area contributed by atoms with Gasteiger partial charge in [-0.1, -0.05) is 55.5 Å². The van der Waals surface area contributed by atoms with Crippen LogP contribution in [0.15, 0.2) is 72.9 Å². The van der Waals surface area contributed by atoms with Crippen LogP contribution in [0.5, 0.6) is 0 Å². The van der Waals surface area contributed by atoms with Crippen molar-refractivity contribution in [3.63, 3.8) is 0 Å². The maximum Gasteiger partial charge on any atom is 0.416 e. The summed E-state index contributed by atoms with van der Waals surface area (Å²) in [5, 5.41) is 17.9. The average Bonchev–Trinajstić information content (AvgIpc) is 3.38. The Hall–Kier alpha value is -4.40. The van der Waals surface area contributed by atoms with Crippen molar-refractivity contribution in [2.24, 2.45) is 0 Å². The molecule has 0 saturated carbocycles. The maximum atomic E-state index is 14.1. The summed E-state index contributed by atoms with van der Waals surface area (Å²) in [6, 6.07) is 16.3. The molecule has 0 fully saturated rings. The van der Waals surface area contributed by atoms with Gasteiger partial charge in [-0.25, -0.2) is 8.42 Å². The van der Waals surface area contributed by atoms with E-state index in [0.29, 0.717) is 22.9 Å². The van der Waals surface area contributed by atoms with Crippen molar-refractivity contribution in [2.75, 3.05) is 23.1 Å². The Balaban J connectivity index is 1.45. The second kappa shape index (κ2) is 15.1. The number of nitrogens with one attached hydrogen (secondary N) is 2. The molecular weight excluding hydrogens is 685 g/mol. The fraction of sp³-hybridized carbons (Fsp3) is 0.405. The Labute approximate surface area is 295 Å². The van der Waals surface area contributed by atoms with E-state index in [1.165, 1.54) is 12.1 Å². The van der Waals surface area contributed by atoms with E-state index in [9.17, 15) is 36.3 Å². The lowest BCUT2D eigenvalue weighted by Gasteiger charge is -2.27. The Morgan fingerprint density at radius 2 is 1.71 bits per heavy atom. The predicted molar refractivity (Wildman–Crippen MR) is 189 cm³/mol. The maximum absolute atomic E-state index is 14.1. The molecule has 0 saturated heterocycles. The van der Waals surface area contributed by atoms with Gasteiger partial charge >= 0.3 is 12.1 Å². The SMILES string of the molecule is CCc1cn2c3c(cc(C(=O)N[C@@H](Cc4ccccc4)[C@H](O)CNCc4cccc(C(F)(F)F)c4)cc13)N(CC(=O)OC(C)(C)C)S(=O)(=O)CC2. The van der Waals surface area contributed by atoms with Crippen LogP contribution in [0, 0.1) is 0 Å². The first-order valence-corrected chi connectivity index (χ1v) is 18.3. The molecule has 1 amide bonds. The summed E-state index contributed by atoms with van der Waals surface area (Å²) >= 11 is 0. The Morgan fingerprint density at radius 1 is 1.00 bits per heavy atom. The highest BCUT2D eigenvalue weighted by Gasteiger charge is 2.34. The van der Waals surface area contributed by atoms with Gasteiger partial charge in [0.05, 0.1) is 34.7 Å². The highest BCUT2D eigenvalue weighted by atomic mass is 32.2. The lowest BCUT2D eigenvalue weighted by Crippen LogP contribution is -2.48. The highest BCUT2D eigenvalue weighted by Crippen LogP contribution is 2.37. The number of alkyl halides is 3. The number of esters is 1. The number of carbonyl (C=O) groups excluding carboxylic acids is 2. The zero-order chi connectivity index (χ0) is 37.1. The van der Waals surface area contributed by atoms with Gasteiger partial charge in [0.1, 0.15) is 12.1 Å². The van der Waals surface area contributed by atoms with Crippen molar-refractivity contribution in [3.8, 4) is 0 Å². The van der Waals surface area contributed by atoms with Crippen LogP contribution in [0.2, 0.25) is 0 Å². The number of aromatic nitrogens is 1. The van der Waals surface area contributed by atoms with E-state index in [-0.39, 0.29) is 43.1 Å². The number of sulfonamides is 1. The van der Waals surface area contributed by atoms with Crippen molar-refractivity contribution >= 4 is 38.5 Å². The topological polar surface area (TPSA) is 130 Å². The minimum Gasteiger partial charge on any atom is -0.459 e. The fourth-order valence-electron chi connectivity index (χ4n) is 6.18. The Morgan fingerprint density at radius 3 is 2.37 bits per heavy atom. The molecule has 274 valence electrons. The van der Waals surface area contributed by atoms with Crippen LogP contribution in [0.1, 0.15) is 60.3 Å². The van der Waals surface area contributed by atoms with Crippen molar-refractivity contribution in [1.82, 2.24) is 15.2 Å². The smallest absolute Gasteiger partial charge is 0.416 e. The summed E-state index contributed by atoms with van der Waals surface area (Å²) in [6.07, 6.45) is -2.97. The predicted octanol–water partition coefficient (Wildman–Crippen LogP) is 5.21. The largest absolute Gasteiger partial charge is 0.459 e. The summed E-state index contributed by atoms with van der Waals surface area (Å²) in [6.45, 7) is 6.57. The Bertz CT molecular complexity index is 1990. The molecule has 1 aromatic heterocycles. The summed E-state index contributed by atoms with van der Waals surface area (Å²) < 4.78 is 75.1. The number of aryl methyl sites for hydroxylation is 2. The van der Waals surface area contributed by atoms with Crippen LogP contribution >= 0.6 is 0 Å². The number of aliphatic hydroxyl groups is 1. The van der Waals surface area contributed by atoms with Gasteiger partial charge in [-0.05, 0) is 68.5 Å². The van der Waals surface area contributed by atoms with Crippen LogP contribution in [-0.2, 0) is 51.7 Å². The van der Waals surface area contributed by atoms with Gasteiger partial charge in [-0.2, -0.15) is 13.2 Å². The molecular formula is C37H43F3N4O6S. The number of aliphatic hydroxyl groups excluding tert-OH is 1. The van der Waals surface area contributed by atoms with E-state index in [0.717, 1.165) is 27.6 Å².